The predicted octanol–water partition coefficient (Wildman–Crippen LogP) is 4.10. The van der Waals surface area contributed by atoms with Gasteiger partial charge >= 0.3 is 0 Å². The molecule has 0 saturated carbocycles. The summed E-state index contributed by atoms with van der Waals surface area (Å²) < 4.78 is 0. The smallest absolute Gasteiger partial charge is 0.0421 e. The van der Waals surface area contributed by atoms with Gasteiger partial charge in [0.25, 0.3) is 0 Å². The summed E-state index contributed by atoms with van der Waals surface area (Å²) in [7, 11) is 0. The van der Waals surface area contributed by atoms with Crippen LogP contribution in [-0.4, -0.2) is 17.7 Å². The van der Waals surface area contributed by atoms with Crippen LogP contribution in [0.4, 0.5) is 0 Å². The summed E-state index contributed by atoms with van der Waals surface area (Å²) in [4.78, 5) is 0. The van der Waals surface area contributed by atoms with E-state index in [-0.39, 0.29) is 0 Å². The topological polar surface area (TPSA) is 12.0 Å². The van der Waals surface area contributed by atoms with E-state index in [2.05, 4.69) is 67.7 Å². The Bertz CT molecular complexity index is 507. The molecule has 1 fully saturated rings. The molecule has 0 radical (unpaired) electrons. The van der Waals surface area contributed by atoms with Gasteiger partial charge in [-0.15, -0.1) is 11.8 Å². The SMILES string of the molecule is Cc1ccc(C(c2ccc(C)cc2)C2CSCN2)cc1. The van der Waals surface area contributed by atoms with Crippen LogP contribution in [0.25, 0.3) is 0 Å². The van der Waals surface area contributed by atoms with Crippen molar-refractivity contribution in [2.75, 3.05) is 11.6 Å². The van der Waals surface area contributed by atoms with E-state index in [9.17, 15) is 0 Å². The highest BCUT2D eigenvalue weighted by Gasteiger charge is 2.27. The zero-order chi connectivity index (χ0) is 13.9. The fourth-order valence-electron chi connectivity index (χ4n) is 2.83. The third kappa shape index (κ3) is 2.92. The van der Waals surface area contributed by atoms with Crippen molar-refractivity contribution in [1.82, 2.24) is 5.32 Å². The largest absolute Gasteiger partial charge is 0.303 e. The minimum absolute atomic E-state index is 0.450. The van der Waals surface area contributed by atoms with Crippen LogP contribution in [0.1, 0.15) is 28.2 Å². The molecular formula is C18H21NS. The van der Waals surface area contributed by atoms with Crippen LogP contribution < -0.4 is 5.32 Å². The molecule has 3 rings (SSSR count). The second kappa shape index (κ2) is 6.02. The first-order valence-electron chi connectivity index (χ1n) is 7.18. The summed E-state index contributed by atoms with van der Waals surface area (Å²) in [6.45, 7) is 4.29. The molecule has 1 N–H and O–H groups in total. The van der Waals surface area contributed by atoms with Crippen molar-refractivity contribution < 1.29 is 0 Å². The molecule has 1 aliphatic heterocycles. The fourth-order valence-corrected chi connectivity index (χ4v) is 3.84. The Labute approximate surface area is 125 Å². The normalized spacial score (nSPS) is 18.6. The van der Waals surface area contributed by atoms with Crippen molar-refractivity contribution in [2.24, 2.45) is 0 Å². The van der Waals surface area contributed by atoms with Crippen molar-refractivity contribution in [3.05, 3.63) is 70.8 Å². The molecule has 0 aromatic heterocycles. The first-order chi connectivity index (χ1) is 9.74. The summed E-state index contributed by atoms with van der Waals surface area (Å²) in [6, 6.07) is 18.5. The van der Waals surface area contributed by atoms with Gasteiger partial charge in [0.2, 0.25) is 0 Å². The summed E-state index contributed by atoms with van der Waals surface area (Å²) in [5.74, 6) is 2.71. The van der Waals surface area contributed by atoms with Crippen LogP contribution in [0, 0.1) is 13.8 Å². The highest BCUT2D eigenvalue weighted by atomic mass is 32.2. The number of nitrogens with one attached hydrogen (secondary N) is 1. The van der Waals surface area contributed by atoms with Crippen molar-refractivity contribution >= 4 is 11.8 Å². The molecule has 2 aromatic carbocycles. The van der Waals surface area contributed by atoms with Crippen LogP contribution in [0.3, 0.4) is 0 Å². The third-order valence-corrected chi connectivity index (χ3v) is 4.99. The van der Waals surface area contributed by atoms with E-state index < -0.39 is 0 Å². The van der Waals surface area contributed by atoms with Gasteiger partial charge in [0.15, 0.2) is 0 Å². The summed E-state index contributed by atoms with van der Waals surface area (Å²) in [6.07, 6.45) is 0. The van der Waals surface area contributed by atoms with Crippen LogP contribution in [0.5, 0.6) is 0 Å². The van der Waals surface area contributed by atoms with E-state index in [1.807, 2.05) is 11.8 Å². The molecule has 1 aliphatic rings. The second-order valence-electron chi connectivity index (χ2n) is 5.62. The molecule has 1 nitrogen and oxygen atoms in total. The molecule has 0 bridgehead atoms. The van der Waals surface area contributed by atoms with Crippen molar-refractivity contribution in [3.63, 3.8) is 0 Å². The fraction of sp³-hybridized carbons (Fsp3) is 0.333. The zero-order valence-electron chi connectivity index (χ0n) is 12.1. The highest BCUT2D eigenvalue weighted by Crippen LogP contribution is 2.32. The van der Waals surface area contributed by atoms with Gasteiger partial charge in [-0.05, 0) is 25.0 Å². The lowest BCUT2D eigenvalue weighted by Crippen LogP contribution is -2.31. The van der Waals surface area contributed by atoms with E-state index in [1.54, 1.807) is 0 Å². The molecule has 20 heavy (non-hydrogen) atoms. The Balaban J connectivity index is 1.98. The van der Waals surface area contributed by atoms with Gasteiger partial charge in [-0.3, -0.25) is 0 Å². The lowest BCUT2D eigenvalue weighted by Gasteiger charge is -2.24. The number of hydrogen-bond acceptors (Lipinski definition) is 2. The third-order valence-electron chi connectivity index (χ3n) is 4.02. The first kappa shape index (κ1) is 13.7. The molecular weight excluding hydrogens is 262 g/mol. The molecule has 2 aromatic rings. The molecule has 1 heterocycles. The van der Waals surface area contributed by atoms with Crippen molar-refractivity contribution in [1.29, 1.82) is 0 Å². The maximum absolute atomic E-state index is 3.65. The maximum Gasteiger partial charge on any atom is 0.0421 e. The molecule has 0 spiro atoms. The molecule has 1 atom stereocenters. The minimum Gasteiger partial charge on any atom is -0.303 e. The van der Waals surface area contributed by atoms with Crippen LogP contribution >= 0.6 is 11.8 Å². The van der Waals surface area contributed by atoms with Gasteiger partial charge in [0.05, 0.1) is 0 Å². The number of aryl methyl sites for hydroxylation is 2. The van der Waals surface area contributed by atoms with Gasteiger partial charge in [-0.1, -0.05) is 59.7 Å². The average molecular weight is 283 g/mol. The lowest BCUT2D eigenvalue weighted by atomic mass is 9.85. The van der Waals surface area contributed by atoms with Gasteiger partial charge in [-0.25, -0.2) is 0 Å². The molecule has 104 valence electrons. The van der Waals surface area contributed by atoms with Gasteiger partial charge in [-0.2, -0.15) is 0 Å². The van der Waals surface area contributed by atoms with E-state index in [0.717, 1.165) is 5.88 Å². The van der Waals surface area contributed by atoms with E-state index in [1.165, 1.54) is 28.0 Å². The Morgan fingerprint density at radius 2 is 1.40 bits per heavy atom. The second-order valence-corrected chi connectivity index (χ2v) is 6.66. The lowest BCUT2D eigenvalue weighted by molar-refractivity contribution is 0.565. The van der Waals surface area contributed by atoms with Gasteiger partial charge < -0.3 is 5.32 Å². The number of rotatable bonds is 3. The number of thioether (sulfide) groups is 1. The zero-order valence-corrected chi connectivity index (χ0v) is 12.9. The molecule has 0 amide bonds. The van der Waals surface area contributed by atoms with Crippen LogP contribution in [-0.2, 0) is 0 Å². The van der Waals surface area contributed by atoms with E-state index in [4.69, 9.17) is 0 Å². The Morgan fingerprint density at radius 3 is 1.80 bits per heavy atom. The quantitative estimate of drug-likeness (QED) is 0.910. The summed E-state index contributed by atoms with van der Waals surface area (Å²) >= 11 is 2.00. The first-order valence-corrected chi connectivity index (χ1v) is 8.34. The summed E-state index contributed by atoms with van der Waals surface area (Å²) in [5.41, 5.74) is 5.48. The monoisotopic (exact) mass is 283 g/mol. The average Bonchev–Trinajstić information content (AvgIpc) is 2.97. The maximum atomic E-state index is 3.65. The Morgan fingerprint density at radius 1 is 0.900 bits per heavy atom. The van der Waals surface area contributed by atoms with Gasteiger partial charge in [0.1, 0.15) is 0 Å². The standard InChI is InChI=1S/C18H21NS/c1-13-3-7-15(8-4-13)18(17-11-20-12-19-17)16-9-5-14(2)6-10-16/h3-10,17-19H,11-12H2,1-2H3. The molecule has 1 saturated heterocycles. The molecule has 2 heteroatoms. The molecule has 0 aliphatic carbocycles. The Kier molecular flexibility index (Phi) is 4.13. The van der Waals surface area contributed by atoms with E-state index in [0.29, 0.717) is 12.0 Å². The van der Waals surface area contributed by atoms with Crippen LogP contribution in [0.2, 0.25) is 0 Å². The molecule has 1 unspecified atom stereocenters. The van der Waals surface area contributed by atoms with Crippen LogP contribution in [0.15, 0.2) is 48.5 Å². The Hall–Kier alpha value is -1.25. The van der Waals surface area contributed by atoms with Crippen molar-refractivity contribution in [3.8, 4) is 0 Å². The van der Waals surface area contributed by atoms with E-state index >= 15 is 0 Å². The minimum atomic E-state index is 0.450. The van der Waals surface area contributed by atoms with Crippen molar-refractivity contribution in [2.45, 2.75) is 25.8 Å². The summed E-state index contributed by atoms with van der Waals surface area (Å²) in [5, 5.41) is 3.65. The number of benzene rings is 2. The predicted molar refractivity (Wildman–Crippen MR) is 88.4 cm³/mol. The van der Waals surface area contributed by atoms with Gasteiger partial charge in [0, 0.05) is 23.6 Å². The number of hydrogen-bond donors (Lipinski definition) is 1. The highest BCUT2D eigenvalue weighted by molar-refractivity contribution is 7.99.